The lowest BCUT2D eigenvalue weighted by molar-refractivity contribution is -0.145. The van der Waals surface area contributed by atoms with Crippen molar-refractivity contribution in [1.82, 2.24) is 10.3 Å². The monoisotopic (exact) mass is 531 g/mol. The van der Waals surface area contributed by atoms with Crippen LogP contribution >= 0.6 is 11.8 Å². The van der Waals surface area contributed by atoms with E-state index in [9.17, 15) is 19.2 Å². The number of primary amides is 1. The van der Waals surface area contributed by atoms with Crippen LogP contribution in [0.4, 0.5) is 0 Å². The van der Waals surface area contributed by atoms with Crippen LogP contribution in [0.1, 0.15) is 32.7 Å². The quantitative estimate of drug-likeness (QED) is 0.279. The molecule has 1 atom stereocenters. The first kappa shape index (κ1) is 28.2. The van der Waals surface area contributed by atoms with Crippen molar-refractivity contribution >= 4 is 45.6 Å². The smallest absolute Gasteiger partial charge is 0.328 e. The predicted octanol–water partition coefficient (Wildman–Crippen LogP) is 4.12. The molecular weight excluding hydrogens is 502 g/mol. The van der Waals surface area contributed by atoms with Crippen molar-refractivity contribution in [2.24, 2.45) is 5.73 Å². The molecule has 4 N–H and O–H groups in total. The van der Waals surface area contributed by atoms with Crippen molar-refractivity contribution < 1.29 is 23.9 Å². The molecule has 0 bridgehead atoms. The van der Waals surface area contributed by atoms with E-state index in [4.69, 9.17) is 10.5 Å². The number of carbonyl (C=O) groups is 4. The molecule has 196 valence electrons. The Balaban J connectivity index is 0.000000375. The summed E-state index contributed by atoms with van der Waals surface area (Å²) < 4.78 is 4.85. The van der Waals surface area contributed by atoms with E-state index in [-0.39, 0.29) is 23.4 Å². The number of hydrogen-bond acceptors (Lipinski definition) is 6. The van der Waals surface area contributed by atoms with E-state index in [2.05, 4.69) is 10.3 Å². The SMILES string of the molecule is COC(=O)[C@H](Cc1c[nH]c2ccccc12)NC(=O)CCSC(=O)c1ccccc1.NC(=O)c1ccccc1. The van der Waals surface area contributed by atoms with Crippen molar-refractivity contribution in [3.8, 4) is 0 Å². The third kappa shape index (κ3) is 8.35. The molecule has 38 heavy (non-hydrogen) atoms. The minimum atomic E-state index is -0.790. The Bertz CT molecular complexity index is 1370. The summed E-state index contributed by atoms with van der Waals surface area (Å²) in [7, 11) is 1.30. The molecule has 4 rings (SSSR count). The second-order valence-electron chi connectivity index (χ2n) is 8.19. The van der Waals surface area contributed by atoms with E-state index < -0.39 is 12.0 Å². The minimum absolute atomic E-state index is 0.0817. The summed E-state index contributed by atoms with van der Waals surface area (Å²) in [6, 6.07) is 24.7. The largest absolute Gasteiger partial charge is 0.467 e. The summed E-state index contributed by atoms with van der Waals surface area (Å²) >= 11 is 1.09. The number of aromatic nitrogens is 1. The molecule has 2 amide bonds. The standard InChI is InChI=1S/C22H22N2O4S.C7H7NO/c1-28-21(26)19(13-16-14-23-18-10-6-5-9-17(16)18)24-20(25)11-12-29-22(27)15-7-3-2-4-8-15;8-7(9)6-4-2-1-3-5-6/h2-10,14,19,23H,11-13H2,1H3,(H,24,25);1-5H,(H2,8,9)/t19-;/m0./s1. The van der Waals surface area contributed by atoms with Gasteiger partial charge in [-0.2, -0.15) is 0 Å². The number of ether oxygens (including phenoxy) is 1. The zero-order valence-corrected chi connectivity index (χ0v) is 21.7. The van der Waals surface area contributed by atoms with Crippen LogP contribution in [0.2, 0.25) is 0 Å². The molecule has 1 aromatic heterocycles. The number of nitrogens with one attached hydrogen (secondary N) is 2. The molecule has 0 fully saturated rings. The fourth-order valence-corrected chi connectivity index (χ4v) is 4.39. The number of esters is 1. The molecule has 0 saturated heterocycles. The van der Waals surface area contributed by atoms with E-state index >= 15 is 0 Å². The number of rotatable bonds is 9. The fourth-order valence-electron chi connectivity index (χ4n) is 3.62. The number of methoxy groups -OCH3 is 1. The van der Waals surface area contributed by atoms with Gasteiger partial charge in [0.2, 0.25) is 16.9 Å². The first-order valence-electron chi connectivity index (χ1n) is 11.9. The molecule has 0 aliphatic rings. The van der Waals surface area contributed by atoms with Gasteiger partial charge < -0.3 is 20.8 Å². The highest BCUT2D eigenvalue weighted by Gasteiger charge is 2.23. The van der Waals surface area contributed by atoms with Crippen LogP contribution in [0.25, 0.3) is 10.9 Å². The molecule has 0 unspecified atom stereocenters. The normalized spacial score (nSPS) is 11.1. The molecule has 9 heteroatoms. The van der Waals surface area contributed by atoms with Crippen LogP contribution in [0.5, 0.6) is 0 Å². The predicted molar refractivity (Wildman–Crippen MR) is 149 cm³/mol. The van der Waals surface area contributed by atoms with Gasteiger partial charge in [0.05, 0.1) is 7.11 Å². The first-order chi connectivity index (χ1) is 18.4. The lowest BCUT2D eigenvalue weighted by Crippen LogP contribution is -2.43. The Hall–Kier alpha value is -4.37. The van der Waals surface area contributed by atoms with Crippen LogP contribution in [-0.4, -0.2) is 46.8 Å². The Morgan fingerprint density at radius 3 is 2.11 bits per heavy atom. The highest BCUT2D eigenvalue weighted by atomic mass is 32.2. The van der Waals surface area contributed by atoms with Gasteiger partial charge in [0, 0.05) is 46.8 Å². The number of fused-ring (bicyclic) bond motifs is 1. The van der Waals surface area contributed by atoms with Gasteiger partial charge >= 0.3 is 5.97 Å². The second kappa shape index (κ2) is 14.4. The maximum Gasteiger partial charge on any atom is 0.328 e. The van der Waals surface area contributed by atoms with Crippen LogP contribution in [0.15, 0.2) is 91.1 Å². The summed E-state index contributed by atoms with van der Waals surface area (Å²) in [4.78, 5) is 50.2. The summed E-state index contributed by atoms with van der Waals surface area (Å²) in [5.74, 6) is -0.846. The molecular formula is C29H29N3O5S. The van der Waals surface area contributed by atoms with Gasteiger partial charge in [-0.3, -0.25) is 14.4 Å². The number of thioether (sulfide) groups is 1. The number of carbonyl (C=O) groups excluding carboxylic acids is 4. The van der Waals surface area contributed by atoms with Gasteiger partial charge in [0.25, 0.3) is 0 Å². The molecule has 0 spiro atoms. The fraction of sp³-hybridized carbons (Fsp3) is 0.172. The van der Waals surface area contributed by atoms with E-state index in [0.29, 0.717) is 23.3 Å². The second-order valence-corrected chi connectivity index (χ2v) is 9.26. The Labute approximate surface area is 224 Å². The average molecular weight is 532 g/mol. The maximum atomic E-state index is 12.3. The third-order valence-electron chi connectivity index (χ3n) is 5.55. The average Bonchev–Trinajstić information content (AvgIpc) is 3.36. The molecule has 0 aliphatic heterocycles. The van der Waals surface area contributed by atoms with Gasteiger partial charge in [-0.15, -0.1) is 0 Å². The molecule has 8 nitrogen and oxygen atoms in total. The Morgan fingerprint density at radius 2 is 1.50 bits per heavy atom. The van der Waals surface area contributed by atoms with Crippen molar-refractivity contribution in [2.45, 2.75) is 18.9 Å². The molecule has 0 aliphatic carbocycles. The molecule has 0 radical (unpaired) electrons. The first-order valence-corrected chi connectivity index (χ1v) is 12.9. The van der Waals surface area contributed by atoms with E-state index in [1.165, 1.54) is 7.11 Å². The number of amides is 2. The van der Waals surface area contributed by atoms with Crippen molar-refractivity contribution in [2.75, 3.05) is 12.9 Å². The van der Waals surface area contributed by atoms with E-state index in [1.807, 2.05) is 42.6 Å². The van der Waals surface area contributed by atoms with Crippen LogP contribution < -0.4 is 11.1 Å². The summed E-state index contributed by atoms with van der Waals surface area (Å²) in [5.41, 5.74) is 8.02. The molecule has 0 saturated carbocycles. The summed E-state index contributed by atoms with van der Waals surface area (Å²) in [5, 5.41) is 3.65. The molecule has 3 aromatic carbocycles. The van der Waals surface area contributed by atoms with Gasteiger partial charge in [0.1, 0.15) is 6.04 Å². The maximum absolute atomic E-state index is 12.3. The van der Waals surface area contributed by atoms with Gasteiger partial charge in [-0.25, -0.2) is 4.79 Å². The van der Waals surface area contributed by atoms with Crippen molar-refractivity contribution in [1.29, 1.82) is 0 Å². The number of aromatic amines is 1. The van der Waals surface area contributed by atoms with Crippen molar-refractivity contribution in [3.05, 3.63) is 108 Å². The van der Waals surface area contributed by atoms with Crippen molar-refractivity contribution in [3.63, 3.8) is 0 Å². The number of para-hydroxylation sites is 1. The van der Waals surface area contributed by atoms with E-state index in [0.717, 1.165) is 28.2 Å². The summed E-state index contributed by atoms with van der Waals surface area (Å²) in [6.07, 6.45) is 2.28. The topological polar surface area (TPSA) is 131 Å². The van der Waals surface area contributed by atoms with Crippen LogP contribution in [0.3, 0.4) is 0 Å². The van der Waals surface area contributed by atoms with Crippen LogP contribution in [0, 0.1) is 0 Å². The molecule has 1 heterocycles. The Morgan fingerprint density at radius 1 is 0.895 bits per heavy atom. The van der Waals surface area contributed by atoms with Gasteiger partial charge in [0.15, 0.2) is 0 Å². The van der Waals surface area contributed by atoms with Gasteiger partial charge in [-0.1, -0.05) is 78.5 Å². The summed E-state index contributed by atoms with van der Waals surface area (Å²) in [6.45, 7) is 0. The third-order valence-corrected chi connectivity index (χ3v) is 6.46. The number of hydrogen-bond donors (Lipinski definition) is 3. The lowest BCUT2D eigenvalue weighted by Gasteiger charge is -2.16. The van der Waals surface area contributed by atoms with E-state index in [1.54, 1.807) is 48.5 Å². The molecule has 4 aromatic rings. The number of nitrogens with two attached hydrogens (primary N) is 1. The Kier molecular flexibility index (Phi) is 10.7. The highest BCUT2D eigenvalue weighted by Crippen LogP contribution is 2.19. The lowest BCUT2D eigenvalue weighted by atomic mass is 10.0. The van der Waals surface area contributed by atoms with Crippen LogP contribution in [-0.2, 0) is 20.7 Å². The minimum Gasteiger partial charge on any atom is -0.467 e. The number of H-pyrrole nitrogens is 1. The number of benzene rings is 3. The zero-order valence-electron chi connectivity index (χ0n) is 20.9. The zero-order chi connectivity index (χ0) is 27.3. The highest BCUT2D eigenvalue weighted by molar-refractivity contribution is 8.14. The van der Waals surface area contributed by atoms with Gasteiger partial charge in [-0.05, 0) is 23.8 Å².